The number of aromatic hydroxyl groups is 1. The van der Waals surface area contributed by atoms with Gasteiger partial charge in [-0.25, -0.2) is 4.39 Å². The van der Waals surface area contributed by atoms with Crippen molar-refractivity contribution in [3.05, 3.63) is 29.6 Å². The topological polar surface area (TPSA) is 60.8 Å². The minimum Gasteiger partial charge on any atom is -0.507 e. The van der Waals surface area contributed by atoms with Gasteiger partial charge < -0.3 is 15.1 Å². The van der Waals surface area contributed by atoms with E-state index in [-0.39, 0.29) is 30.5 Å². The summed E-state index contributed by atoms with van der Waals surface area (Å²) in [6.07, 6.45) is 3.88. The van der Waals surface area contributed by atoms with E-state index in [1.165, 1.54) is 6.07 Å². The van der Waals surface area contributed by atoms with Crippen molar-refractivity contribution in [2.24, 2.45) is 0 Å². The van der Waals surface area contributed by atoms with Crippen molar-refractivity contribution in [2.75, 3.05) is 13.2 Å². The summed E-state index contributed by atoms with van der Waals surface area (Å²) in [5.41, 5.74) is -0.0413. The Morgan fingerprint density at radius 3 is 2.68 bits per heavy atom. The fraction of sp³-hybridized carbons (Fsp3) is 0.500. The van der Waals surface area contributed by atoms with E-state index >= 15 is 0 Å². The van der Waals surface area contributed by atoms with Crippen molar-refractivity contribution in [3.63, 3.8) is 0 Å². The van der Waals surface area contributed by atoms with E-state index in [9.17, 15) is 14.3 Å². The molecule has 1 amide bonds. The molecule has 0 atom stereocenters. The lowest BCUT2D eigenvalue weighted by Gasteiger charge is -2.28. The van der Waals surface area contributed by atoms with Crippen molar-refractivity contribution in [1.82, 2.24) is 4.90 Å². The van der Waals surface area contributed by atoms with Gasteiger partial charge in [-0.05, 0) is 31.0 Å². The minimum atomic E-state index is -0.559. The molecule has 0 bridgehead atoms. The third-order valence-corrected chi connectivity index (χ3v) is 3.56. The predicted molar refractivity (Wildman–Crippen MR) is 68.4 cm³/mol. The second-order valence-electron chi connectivity index (χ2n) is 4.82. The lowest BCUT2D eigenvalue weighted by Crippen LogP contribution is -2.40. The zero-order valence-corrected chi connectivity index (χ0v) is 10.7. The first-order valence-electron chi connectivity index (χ1n) is 6.54. The highest BCUT2D eigenvalue weighted by Crippen LogP contribution is 2.27. The number of hydrogen-bond donors (Lipinski definition) is 2. The molecule has 0 spiro atoms. The Hall–Kier alpha value is -1.62. The summed E-state index contributed by atoms with van der Waals surface area (Å²) >= 11 is 0. The first kappa shape index (κ1) is 13.8. The molecule has 19 heavy (non-hydrogen) atoms. The highest BCUT2D eigenvalue weighted by atomic mass is 19.1. The number of halogens is 1. The lowest BCUT2D eigenvalue weighted by molar-refractivity contribution is 0.0634. The molecule has 1 fully saturated rings. The highest BCUT2D eigenvalue weighted by Gasteiger charge is 2.28. The number of aliphatic hydroxyl groups excluding tert-OH is 1. The molecule has 1 aromatic rings. The van der Waals surface area contributed by atoms with Crippen molar-refractivity contribution >= 4 is 5.91 Å². The van der Waals surface area contributed by atoms with Crippen LogP contribution in [0, 0.1) is 5.82 Å². The molecule has 0 aliphatic heterocycles. The standard InChI is InChI=1S/C14H18FNO3/c15-10-5-6-13(18)12(9-10)14(19)16(7-8-17)11-3-1-2-4-11/h5-6,9,11,17-18H,1-4,7-8H2. The van der Waals surface area contributed by atoms with Gasteiger partial charge in [-0.1, -0.05) is 12.8 Å². The third-order valence-electron chi connectivity index (χ3n) is 3.56. The molecular formula is C14H18FNO3. The van der Waals surface area contributed by atoms with Crippen molar-refractivity contribution in [3.8, 4) is 5.75 Å². The van der Waals surface area contributed by atoms with E-state index in [0.29, 0.717) is 0 Å². The average Bonchev–Trinajstić information content (AvgIpc) is 2.92. The summed E-state index contributed by atoms with van der Waals surface area (Å²) in [4.78, 5) is 13.9. The monoisotopic (exact) mass is 267 g/mol. The van der Waals surface area contributed by atoms with Crippen molar-refractivity contribution < 1.29 is 19.4 Å². The van der Waals surface area contributed by atoms with Gasteiger partial charge >= 0.3 is 0 Å². The molecule has 5 heteroatoms. The Kier molecular flexibility index (Phi) is 4.37. The van der Waals surface area contributed by atoms with Gasteiger partial charge in [-0.3, -0.25) is 4.79 Å². The second-order valence-corrected chi connectivity index (χ2v) is 4.82. The van der Waals surface area contributed by atoms with Crippen LogP contribution < -0.4 is 0 Å². The number of carbonyl (C=O) groups is 1. The van der Waals surface area contributed by atoms with Gasteiger partial charge in [0.2, 0.25) is 0 Å². The number of benzene rings is 1. The number of carbonyl (C=O) groups excluding carboxylic acids is 1. The highest BCUT2D eigenvalue weighted by molar-refractivity contribution is 5.97. The fourth-order valence-electron chi connectivity index (χ4n) is 2.61. The van der Waals surface area contributed by atoms with Gasteiger partial charge in [-0.2, -0.15) is 0 Å². The summed E-state index contributed by atoms with van der Waals surface area (Å²) in [5, 5.41) is 18.8. The second kappa shape index (κ2) is 6.02. The van der Waals surface area contributed by atoms with Crippen LogP contribution in [-0.4, -0.2) is 40.2 Å². The predicted octanol–water partition coefficient (Wildman–Crippen LogP) is 1.91. The normalized spacial score (nSPS) is 15.7. The SMILES string of the molecule is O=C(c1cc(F)ccc1O)N(CCO)C1CCCC1. The molecule has 1 saturated carbocycles. The van der Waals surface area contributed by atoms with Crippen molar-refractivity contribution in [1.29, 1.82) is 0 Å². The number of rotatable bonds is 4. The third kappa shape index (κ3) is 3.04. The van der Waals surface area contributed by atoms with E-state index in [0.717, 1.165) is 37.8 Å². The smallest absolute Gasteiger partial charge is 0.258 e. The van der Waals surface area contributed by atoms with Crippen LogP contribution in [0.1, 0.15) is 36.0 Å². The Morgan fingerprint density at radius 2 is 2.05 bits per heavy atom. The number of hydrogen-bond acceptors (Lipinski definition) is 3. The van der Waals surface area contributed by atoms with Crippen LogP contribution in [-0.2, 0) is 0 Å². The summed E-state index contributed by atoms with van der Waals surface area (Å²) in [6, 6.07) is 3.39. The van der Waals surface area contributed by atoms with Crippen LogP contribution in [0.5, 0.6) is 5.75 Å². The van der Waals surface area contributed by atoms with Crippen LogP contribution in [0.15, 0.2) is 18.2 Å². The zero-order valence-electron chi connectivity index (χ0n) is 10.7. The van der Waals surface area contributed by atoms with Gasteiger partial charge in [0.15, 0.2) is 0 Å². The molecule has 0 aromatic heterocycles. The number of phenolic OH excluding ortho intramolecular Hbond substituents is 1. The lowest BCUT2D eigenvalue weighted by atomic mass is 10.1. The van der Waals surface area contributed by atoms with Crippen LogP contribution in [0.25, 0.3) is 0 Å². The van der Waals surface area contributed by atoms with E-state index in [2.05, 4.69) is 0 Å². The Balaban J connectivity index is 2.25. The zero-order chi connectivity index (χ0) is 13.8. The molecule has 1 aliphatic rings. The number of amides is 1. The first-order valence-corrected chi connectivity index (χ1v) is 6.54. The maximum absolute atomic E-state index is 13.2. The Bertz CT molecular complexity index is 458. The molecule has 2 rings (SSSR count). The first-order chi connectivity index (χ1) is 9.13. The molecule has 104 valence electrons. The minimum absolute atomic E-state index is 0.0413. The molecule has 0 saturated heterocycles. The Labute approximate surface area is 111 Å². The summed E-state index contributed by atoms with van der Waals surface area (Å²) in [6.45, 7) is 0.0672. The molecule has 0 unspecified atom stereocenters. The van der Waals surface area contributed by atoms with Gasteiger partial charge in [0.1, 0.15) is 11.6 Å². The van der Waals surface area contributed by atoms with E-state index < -0.39 is 11.7 Å². The van der Waals surface area contributed by atoms with Crippen LogP contribution in [0.4, 0.5) is 4.39 Å². The van der Waals surface area contributed by atoms with Gasteiger partial charge in [0, 0.05) is 12.6 Å². The molecule has 4 nitrogen and oxygen atoms in total. The van der Waals surface area contributed by atoms with Gasteiger partial charge in [-0.15, -0.1) is 0 Å². The van der Waals surface area contributed by atoms with E-state index in [4.69, 9.17) is 5.11 Å². The molecular weight excluding hydrogens is 249 g/mol. The maximum atomic E-state index is 13.2. The van der Waals surface area contributed by atoms with Gasteiger partial charge in [0.25, 0.3) is 5.91 Å². The molecule has 0 radical (unpaired) electrons. The van der Waals surface area contributed by atoms with E-state index in [1.54, 1.807) is 4.90 Å². The van der Waals surface area contributed by atoms with Crippen LogP contribution >= 0.6 is 0 Å². The Morgan fingerprint density at radius 1 is 1.37 bits per heavy atom. The average molecular weight is 267 g/mol. The number of nitrogens with zero attached hydrogens (tertiary/aromatic N) is 1. The number of phenols is 1. The molecule has 2 N–H and O–H groups in total. The number of aliphatic hydroxyl groups is 1. The molecule has 1 aliphatic carbocycles. The molecule has 1 aromatic carbocycles. The quantitative estimate of drug-likeness (QED) is 0.876. The van der Waals surface area contributed by atoms with E-state index in [1.807, 2.05) is 0 Å². The summed E-state index contributed by atoms with van der Waals surface area (Å²) in [7, 11) is 0. The van der Waals surface area contributed by atoms with Crippen LogP contribution in [0.2, 0.25) is 0 Å². The molecule has 0 heterocycles. The fourth-order valence-corrected chi connectivity index (χ4v) is 2.61. The van der Waals surface area contributed by atoms with Crippen LogP contribution in [0.3, 0.4) is 0 Å². The summed E-state index contributed by atoms with van der Waals surface area (Å²) < 4.78 is 13.2. The summed E-state index contributed by atoms with van der Waals surface area (Å²) in [5.74, 6) is -1.21. The van der Waals surface area contributed by atoms with Gasteiger partial charge in [0.05, 0.1) is 12.2 Å². The largest absolute Gasteiger partial charge is 0.507 e. The van der Waals surface area contributed by atoms with Crippen molar-refractivity contribution in [2.45, 2.75) is 31.7 Å². The maximum Gasteiger partial charge on any atom is 0.258 e.